The molecule has 4 saturated carbocycles. The minimum atomic E-state index is -2.13. The van der Waals surface area contributed by atoms with E-state index in [0.29, 0.717) is 50.7 Å². The van der Waals surface area contributed by atoms with Crippen LogP contribution in [0.2, 0.25) is 0 Å². The number of carbonyl (C=O) groups excluding carboxylic acids is 3. The lowest BCUT2D eigenvalue weighted by molar-refractivity contribution is -0.404. The Morgan fingerprint density at radius 2 is 1.07 bits per heavy atom. The molecular weight excluding hydrogens is 1450 g/mol. The largest absolute Gasteiger partial charge is 0.497 e. The first-order valence-electron chi connectivity index (χ1n) is 37.7. The van der Waals surface area contributed by atoms with Crippen molar-refractivity contribution >= 4 is 24.0 Å². The van der Waals surface area contributed by atoms with Crippen molar-refractivity contribution in [3.8, 4) is 5.75 Å². The number of carbonyl (C=O) groups is 3. The predicted octanol–water partition coefficient (Wildman–Crippen LogP) is -3.81. The first-order chi connectivity index (χ1) is 51.7. The smallest absolute Gasteiger partial charge is 0.330 e. The Hall–Kier alpha value is -4.21. The molecule has 10 fully saturated rings. The monoisotopic (exact) mass is 1560 g/mol. The van der Waals surface area contributed by atoms with Crippen molar-refractivity contribution in [1.82, 2.24) is 0 Å². The van der Waals surface area contributed by atoms with Gasteiger partial charge in [0.1, 0.15) is 141 Å². The van der Waals surface area contributed by atoms with Crippen molar-refractivity contribution < 1.29 is 172 Å². The van der Waals surface area contributed by atoms with E-state index in [-0.39, 0.29) is 48.1 Å². The van der Waals surface area contributed by atoms with Crippen molar-refractivity contribution in [2.75, 3.05) is 47.8 Å². The Balaban J connectivity index is 0.770. The van der Waals surface area contributed by atoms with Gasteiger partial charge in [0.15, 0.2) is 37.7 Å². The summed E-state index contributed by atoms with van der Waals surface area (Å²) in [4.78, 5) is 42.6. The molecule has 11 aliphatic rings. The summed E-state index contributed by atoms with van der Waals surface area (Å²) in [7, 11) is 4.19. The van der Waals surface area contributed by atoms with Crippen LogP contribution in [0, 0.1) is 51.8 Å². The van der Waals surface area contributed by atoms with Gasteiger partial charge < -0.3 is 157 Å². The summed E-state index contributed by atoms with van der Waals surface area (Å²) in [6.45, 7) is 6.24. The fourth-order valence-electron chi connectivity index (χ4n) is 19.3. The highest BCUT2D eigenvalue weighted by molar-refractivity contribution is 5.87. The molecule has 6 aliphatic heterocycles. The van der Waals surface area contributed by atoms with Crippen LogP contribution in [0.3, 0.4) is 0 Å². The third-order valence-electron chi connectivity index (χ3n) is 25.4. The number of allylic oxidation sites excluding steroid dienone is 1. The lowest BCUT2D eigenvalue weighted by atomic mass is 9.41. The van der Waals surface area contributed by atoms with Gasteiger partial charge >= 0.3 is 17.9 Å². The molecule has 6 heterocycles. The number of ether oxygens (including phenoxy) is 16. The van der Waals surface area contributed by atoms with E-state index in [2.05, 4.69) is 19.9 Å². The second kappa shape index (κ2) is 34.3. The van der Waals surface area contributed by atoms with Crippen LogP contribution in [-0.2, 0) is 85.4 Å². The van der Waals surface area contributed by atoms with Crippen LogP contribution in [0.25, 0.3) is 6.08 Å². The molecule has 39 atom stereocenters. The third-order valence-corrected chi connectivity index (χ3v) is 25.4. The Kier molecular flexibility index (Phi) is 26.5. The van der Waals surface area contributed by atoms with Crippen LogP contribution in [0.1, 0.15) is 98.0 Å². The van der Waals surface area contributed by atoms with E-state index >= 15 is 0 Å². The summed E-state index contributed by atoms with van der Waals surface area (Å²) in [6, 6.07) is 7.19. The summed E-state index contributed by atoms with van der Waals surface area (Å²) >= 11 is 0. The molecule has 0 spiro atoms. The van der Waals surface area contributed by atoms with E-state index in [1.807, 2.05) is 12.1 Å². The second-order valence-electron chi connectivity index (χ2n) is 32.2. The van der Waals surface area contributed by atoms with Gasteiger partial charge in [0.25, 0.3) is 0 Å². The van der Waals surface area contributed by atoms with Crippen LogP contribution in [0.4, 0.5) is 0 Å². The fourth-order valence-corrected chi connectivity index (χ4v) is 19.3. The highest BCUT2D eigenvalue weighted by atomic mass is 16.8. The zero-order valence-electron chi connectivity index (χ0n) is 62.0. The predicted molar refractivity (Wildman–Crippen MR) is 364 cm³/mol. The minimum Gasteiger partial charge on any atom is -0.497 e. The van der Waals surface area contributed by atoms with E-state index < -0.39 is 245 Å². The summed E-state index contributed by atoms with van der Waals surface area (Å²) in [6.07, 6.45) is -44.9. The van der Waals surface area contributed by atoms with Crippen LogP contribution >= 0.6 is 0 Å². The molecular formula is C74H110O35. The molecule has 6 saturated heterocycles. The molecule has 0 amide bonds. The summed E-state index contributed by atoms with van der Waals surface area (Å²) in [5.74, 6) is -3.46. The zero-order valence-corrected chi connectivity index (χ0v) is 62.0. The number of hydrogen-bond acceptors (Lipinski definition) is 35. The average molecular weight is 1560 g/mol. The van der Waals surface area contributed by atoms with Crippen molar-refractivity contribution in [1.29, 1.82) is 0 Å². The minimum absolute atomic E-state index is 0.00546. The normalized spacial score (nSPS) is 48.5. The van der Waals surface area contributed by atoms with Crippen LogP contribution in [0.5, 0.6) is 5.75 Å². The van der Waals surface area contributed by atoms with Crippen LogP contribution in [0.15, 0.2) is 42.0 Å². The average Bonchev–Trinajstić information content (AvgIpc) is 0.694. The van der Waals surface area contributed by atoms with E-state index in [4.69, 9.17) is 75.8 Å². The second-order valence-corrected chi connectivity index (χ2v) is 32.2. The molecule has 12 rings (SSSR count). The van der Waals surface area contributed by atoms with Crippen LogP contribution in [-0.4, -0.2) is 338 Å². The Morgan fingerprint density at radius 3 is 1.71 bits per heavy atom. The Bertz CT molecular complexity index is 3290. The summed E-state index contributed by atoms with van der Waals surface area (Å²) < 4.78 is 95.0. The molecule has 0 aromatic heterocycles. The third kappa shape index (κ3) is 16.3. The quantitative estimate of drug-likeness (QED) is 0.0184. The van der Waals surface area contributed by atoms with Gasteiger partial charge in [0, 0.05) is 11.5 Å². The molecule has 35 nitrogen and oxygen atoms in total. The molecule has 0 unspecified atom stereocenters. The lowest BCUT2D eigenvalue weighted by Crippen LogP contribution is -2.68. The van der Waals surface area contributed by atoms with E-state index in [9.17, 15) is 96.1 Å². The first kappa shape index (κ1) is 84.2. The lowest BCUT2D eigenvalue weighted by Gasteiger charge is -2.63. The number of benzene rings is 1. The number of aliphatic hydroxyl groups is 16. The van der Waals surface area contributed by atoms with Gasteiger partial charge in [0.2, 0.25) is 0 Å². The van der Waals surface area contributed by atoms with Gasteiger partial charge in [-0.1, -0.05) is 37.6 Å². The van der Waals surface area contributed by atoms with Gasteiger partial charge in [0.05, 0.1) is 76.9 Å². The molecule has 0 radical (unpaired) electrons. The van der Waals surface area contributed by atoms with Crippen molar-refractivity contribution in [2.45, 2.75) is 283 Å². The number of aliphatic hydroxyl groups excluding tert-OH is 16. The van der Waals surface area contributed by atoms with Crippen LogP contribution < -0.4 is 4.74 Å². The number of hydrogen-bond donors (Lipinski definition) is 16. The Morgan fingerprint density at radius 1 is 0.523 bits per heavy atom. The maximum atomic E-state index is 14.5. The highest BCUT2D eigenvalue weighted by Crippen LogP contribution is 2.69. The maximum absolute atomic E-state index is 14.5. The molecule has 35 heteroatoms. The van der Waals surface area contributed by atoms with E-state index in [1.54, 1.807) is 25.3 Å². The summed E-state index contributed by atoms with van der Waals surface area (Å²) in [5.41, 5.74) is 0.110. The molecule has 5 aliphatic carbocycles. The van der Waals surface area contributed by atoms with Gasteiger partial charge in [-0.05, 0) is 137 Å². The Labute approximate surface area is 629 Å². The zero-order chi connectivity index (χ0) is 78.8. The van der Waals surface area contributed by atoms with Gasteiger partial charge in [-0.25, -0.2) is 4.79 Å². The molecule has 16 N–H and O–H groups in total. The van der Waals surface area contributed by atoms with E-state index in [0.717, 1.165) is 17.6 Å². The summed E-state index contributed by atoms with van der Waals surface area (Å²) in [5, 5.41) is 179. The van der Waals surface area contributed by atoms with Gasteiger partial charge in [-0.2, -0.15) is 0 Å². The molecule has 1 aromatic rings. The molecule has 616 valence electrons. The topological polar surface area (TPSA) is 523 Å². The van der Waals surface area contributed by atoms with Crippen molar-refractivity contribution in [2.24, 2.45) is 51.8 Å². The molecule has 109 heavy (non-hydrogen) atoms. The van der Waals surface area contributed by atoms with E-state index in [1.165, 1.54) is 41.1 Å². The standard InChI is InChI=1S/C74H110O35/c1-29-46(79)62(108-68-55(88)51(84)48(81)42(26-76)103-68)58(91)69(99-29)109-63-57(90)60(105-65-53(86)49(82)43(27-97-65)104-67-54(87)50(83)47(80)41(25-75)102-67)31(3)101-70(63)106-59-30(2)100-66(56(89)52(59)85)107-61-40(77)23-36-34-14-17-38-39-24-72(4,5)19-20-73(39,71(93)96-8)21-22-74(38,37(34)16-15-35(36)45(61)64(92)95-7)28-98-44(78)18-11-32-9-12-33(94-6)13-10-32/h9-13,17-18,29-31,34-37,39-43,45-63,65-70,75-77,79-91H,14-16,19-28H2,1-8H3/t29-,30-,31-,34+,35+,36+,37+,39-,40+,41+,42+,43-,45+,46-,47+,48+,49-,50-,51-,52-,53+,54+,55+,56+,57+,58+,59-,60-,61+,62+,63+,65-,66-,67-,68-,69-,70-,73+,74-/m0/s1. The highest BCUT2D eigenvalue weighted by Gasteiger charge is 2.67. The van der Waals surface area contributed by atoms with Gasteiger partial charge in [-0.15, -0.1) is 0 Å². The number of methoxy groups -OCH3 is 3. The number of esters is 3. The van der Waals surface area contributed by atoms with Crippen molar-refractivity contribution in [3.63, 3.8) is 0 Å². The molecule has 0 bridgehead atoms. The number of rotatable bonds is 21. The number of fused-ring (bicyclic) bond motifs is 7. The molecule has 1 aromatic carbocycles. The fraction of sp³-hybridized carbons (Fsp3) is 0.824. The van der Waals surface area contributed by atoms with Gasteiger partial charge in [-0.3, -0.25) is 9.59 Å². The maximum Gasteiger partial charge on any atom is 0.330 e. The first-order valence-corrected chi connectivity index (χ1v) is 37.7. The van der Waals surface area contributed by atoms with Crippen molar-refractivity contribution in [3.05, 3.63) is 47.6 Å². The SMILES string of the molecule is COC(=O)[C@@H]1[C@@H]2CC[C@@H]3[C@H](CC=C4[C@@H]5CC(C)(C)CC[C@@]5(C(=O)OC)CC[C@@]43COC(=O)C=Cc3ccc(OC)cc3)[C@H]2C[C@@H](O)[C@H]1O[C@@H]1O[C@@H](C)[C@H](O[C@@H]2O[C@@H](C)[C@H](O[C@@H]3OC[C@H](O[C@@H]4O[C@H](CO)[C@@H](O)[C@H](O)[C@H]4O)[C@H](O)[C@H]3O)[C@@H](O)[C@H]2O[C@@H]2O[C@@H](C)[C@H](O)[C@@H](O[C@@H]3O[C@H](CO)[C@@H](O)[C@H](O)[C@H]3O)[C@H]2O)[C@@H](O)[C@H]1O.